The van der Waals surface area contributed by atoms with Gasteiger partial charge in [-0.1, -0.05) is 42.2 Å². The van der Waals surface area contributed by atoms with E-state index in [0.29, 0.717) is 6.54 Å². The van der Waals surface area contributed by atoms with Crippen LogP contribution in [-0.4, -0.2) is 6.54 Å². The van der Waals surface area contributed by atoms with Crippen molar-refractivity contribution in [2.45, 2.75) is 6.54 Å². The van der Waals surface area contributed by atoms with Gasteiger partial charge in [-0.15, -0.1) is 0 Å². The van der Waals surface area contributed by atoms with Crippen molar-refractivity contribution in [2.24, 2.45) is 0 Å². The van der Waals surface area contributed by atoms with Crippen molar-refractivity contribution in [1.29, 1.82) is 0 Å². The molecule has 18 heavy (non-hydrogen) atoms. The summed E-state index contributed by atoms with van der Waals surface area (Å²) >= 11 is 0. The van der Waals surface area contributed by atoms with E-state index in [1.165, 1.54) is 17.7 Å². The van der Waals surface area contributed by atoms with E-state index in [9.17, 15) is 4.39 Å². The van der Waals surface area contributed by atoms with Crippen molar-refractivity contribution in [3.05, 3.63) is 71.5 Å². The number of benzene rings is 2. The third kappa shape index (κ3) is 4.04. The molecule has 0 aromatic heterocycles. The summed E-state index contributed by atoms with van der Waals surface area (Å²) in [6.45, 7) is 1.42. The second kappa shape index (κ2) is 6.58. The molecule has 0 heterocycles. The molecule has 0 atom stereocenters. The zero-order valence-corrected chi connectivity index (χ0v) is 9.99. The Morgan fingerprint density at radius 3 is 2.39 bits per heavy atom. The standard InChI is InChI=1S/C16H14FN/c17-16-10-8-14(9-11-16)7-4-12-18-13-15-5-2-1-3-6-15/h1-3,5-6,8-11,18H,12-13H2. The molecule has 0 fully saturated rings. The minimum Gasteiger partial charge on any atom is -0.302 e. The van der Waals surface area contributed by atoms with Crippen LogP contribution in [-0.2, 0) is 6.54 Å². The van der Waals surface area contributed by atoms with E-state index in [2.05, 4.69) is 29.3 Å². The maximum atomic E-state index is 12.7. The molecule has 0 bridgehead atoms. The molecule has 2 heteroatoms. The van der Waals surface area contributed by atoms with Gasteiger partial charge in [0, 0.05) is 12.1 Å². The summed E-state index contributed by atoms with van der Waals surface area (Å²) < 4.78 is 12.7. The predicted octanol–water partition coefficient (Wildman–Crippen LogP) is 2.97. The van der Waals surface area contributed by atoms with Crippen molar-refractivity contribution in [3.63, 3.8) is 0 Å². The lowest BCUT2D eigenvalue weighted by Crippen LogP contribution is -2.12. The SMILES string of the molecule is Fc1ccc(C#CCNCc2ccccc2)cc1. The highest BCUT2D eigenvalue weighted by Crippen LogP contribution is 2.00. The van der Waals surface area contributed by atoms with Crippen LogP contribution in [0.15, 0.2) is 54.6 Å². The van der Waals surface area contributed by atoms with E-state index in [0.717, 1.165) is 12.1 Å². The minimum atomic E-state index is -0.234. The third-order valence-corrected chi connectivity index (χ3v) is 2.46. The molecule has 1 N–H and O–H groups in total. The highest BCUT2D eigenvalue weighted by Gasteiger charge is 1.89. The van der Waals surface area contributed by atoms with E-state index in [1.807, 2.05) is 18.2 Å². The molecule has 0 unspecified atom stereocenters. The first-order valence-electron chi connectivity index (χ1n) is 5.84. The number of hydrogen-bond donors (Lipinski definition) is 1. The van der Waals surface area contributed by atoms with Crippen LogP contribution in [0.4, 0.5) is 4.39 Å². The first-order valence-corrected chi connectivity index (χ1v) is 5.84. The summed E-state index contributed by atoms with van der Waals surface area (Å²) in [5.74, 6) is 5.75. The van der Waals surface area contributed by atoms with Crippen molar-refractivity contribution in [1.82, 2.24) is 5.32 Å². The largest absolute Gasteiger partial charge is 0.302 e. The van der Waals surface area contributed by atoms with Crippen molar-refractivity contribution in [2.75, 3.05) is 6.54 Å². The molecule has 2 aromatic rings. The van der Waals surface area contributed by atoms with Gasteiger partial charge in [0.05, 0.1) is 6.54 Å². The maximum absolute atomic E-state index is 12.7. The fourth-order valence-corrected chi connectivity index (χ4v) is 1.54. The second-order valence-corrected chi connectivity index (χ2v) is 3.90. The van der Waals surface area contributed by atoms with Gasteiger partial charge in [0.15, 0.2) is 0 Å². The minimum absolute atomic E-state index is 0.234. The third-order valence-electron chi connectivity index (χ3n) is 2.46. The van der Waals surface area contributed by atoms with Crippen LogP contribution >= 0.6 is 0 Å². The fourth-order valence-electron chi connectivity index (χ4n) is 1.54. The van der Waals surface area contributed by atoms with E-state index in [4.69, 9.17) is 0 Å². The molecule has 0 radical (unpaired) electrons. The Morgan fingerprint density at radius 1 is 0.944 bits per heavy atom. The molecule has 0 aliphatic rings. The lowest BCUT2D eigenvalue weighted by Gasteiger charge is -1.99. The number of halogens is 1. The molecular weight excluding hydrogens is 225 g/mol. The zero-order valence-electron chi connectivity index (χ0n) is 9.99. The summed E-state index contributed by atoms with van der Waals surface area (Å²) in [6.07, 6.45) is 0. The van der Waals surface area contributed by atoms with Gasteiger partial charge in [0.25, 0.3) is 0 Å². The Balaban J connectivity index is 1.77. The first-order chi connectivity index (χ1) is 8.84. The Labute approximate surface area is 107 Å². The van der Waals surface area contributed by atoms with Crippen LogP contribution in [0, 0.1) is 17.7 Å². The lowest BCUT2D eigenvalue weighted by atomic mass is 10.2. The van der Waals surface area contributed by atoms with Crippen molar-refractivity contribution < 1.29 is 4.39 Å². The molecule has 0 aliphatic heterocycles. The van der Waals surface area contributed by atoms with Gasteiger partial charge < -0.3 is 5.32 Å². The zero-order chi connectivity index (χ0) is 12.6. The summed E-state index contributed by atoms with van der Waals surface area (Å²) in [7, 11) is 0. The quantitative estimate of drug-likeness (QED) is 0.641. The Morgan fingerprint density at radius 2 is 1.67 bits per heavy atom. The number of hydrogen-bond acceptors (Lipinski definition) is 1. The highest BCUT2D eigenvalue weighted by atomic mass is 19.1. The van der Waals surface area contributed by atoms with Crippen LogP contribution in [0.5, 0.6) is 0 Å². The van der Waals surface area contributed by atoms with E-state index in [1.54, 1.807) is 12.1 Å². The predicted molar refractivity (Wildman–Crippen MR) is 71.4 cm³/mol. The average Bonchev–Trinajstić information content (AvgIpc) is 2.42. The number of rotatable bonds is 3. The van der Waals surface area contributed by atoms with Crippen molar-refractivity contribution >= 4 is 0 Å². The van der Waals surface area contributed by atoms with E-state index in [-0.39, 0.29) is 5.82 Å². The summed E-state index contributed by atoms with van der Waals surface area (Å²) in [5, 5.41) is 3.24. The topological polar surface area (TPSA) is 12.0 Å². The second-order valence-electron chi connectivity index (χ2n) is 3.90. The number of nitrogens with one attached hydrogen (secondary N) is 1. The first kappa shape index (κ1) is 12.3. The van der Waals surface area contributed by atoms with Gasteiger partial charge in [-0.25, -0.2) is 4.39 Å². The molecule has 2 rings (SSSR count). The van der Waals surface area contributed by atoms with Crippen LogP contribution < -0.4 is 5.32 Å². The molecule has 0 amide bonds. The maximum Gasteiger partial charge on any atom is 0.123 e. The molecule has 90 valence electrons. The van der Waals surface area contributed by atoms with E-state index >= 15 is 0 Å². The van der Waals surface area contributed by atoms with Gasteiger partial charge in [-0.3, -0.25) is 0 Å². The normalized spacial score (nSPS) is 9.61. The van der Waals surface area contributed by atoms with E-state index < -0.39 is 0 Å². The van der Waals surface area contributed by atoms with Gasteiger partial charge >= 0.3 is 0 Å². The Kier molecular flexibility index (Phi) is 4.52. The molecule has 0 saturated carbocycles. The molecule has 0 saturated heterocycles. The van der Waals surface area contributed by atoms with Crippen molar-refractivity contribution in [3.8, 4) is 11.8 Å². The summed E-state index contributed by atoms with van der Waals surface area (Å²) in [5.41, 5.74) is 2.07. The van der Waals surface area contributed by atoms with Crippen LogP contribution in [0.3, 0.4) is 0 Å². The lowest BCUT2D eigenvalue weighted by molar-refractivity contribution is 0.627. The average molecular weight is 239 g/mol. The van der Waals surface area contributed by atoms with Gasteiger partial charge in [-0.2, -0.15) is 0 Å². The monoisotopic (exact) mass is 239 g/mol. The van der Waals surface area contributed by atoms with Gasteiger partial charge in [0.1, 0.15) is 5.82 Å². The summed E-state index contributed by atoms with van der Waals surface area (Å²) in [6, 6.07) is 16.4. The Hall–Kier alpha value is -2.11. The highest BCUT2D eigenvalue weighted by molar-refractivity contribution is 5.34. The van der Waals surface area contributed by atoms with Gasteiger partial charge in [-0.05, 0) is 29.8 Å². The van der Waals surface area contributed by atoms with Crippen LogP contribution in [0.25, 0.3) is 0 Å². The van der Waals surface area contributed by atoms with Crippen LogP contribution in [0.2, 0.25) is 0 Å². The molecule has 2 aromatic carbocycles. The smallest absolute Gasteiger partial charge is 0.123 e. The fraction of sp³-hybridized carbons (Fsp3) is 0.125. The summed E-state index contributed by atoms with van der Waals surface area (Å²) in [4.78, 5) is 0. The molecule has 0 spiro atoms. The molecule has 1 nitrogen and oxygen atoms in total. The van der Waals surface area contributed by atoms with Crippen LogP contribution in [0.1, 0.15) is 11.1 Å². The molecule has 0 aliphatic carbocycles. The van der Waals surface area contributed by atoms with Gasteiger partial charge in [0.2, 0.25) is 0 Å². The Bertz CT molecular complexity index is 535. The molecular formula is C16H14FN.